The van der Waals surface area contributed by atoms with Crippen molar-refractivity contribution in [1.82, 2.24) is 9.55 Å². The second-order valence-electron chi connectivity index (χ2n) is 9.09. The van der Waals surface area contributed by atoms with Crippen LogP contribution in [-0.4, -0.2) is 47.2 Å². The van der Waals surface area contributed by atoms with Gasteiger partial charge in [-0.15, -0.1) is 0 Å². The van der Waals surface area contributed by atoms with E-state index in [1.54, 1.807) is 17.0 Å². The molecule has 2 aromatic carbocycles. The Labute approximate surface area is 188 Å². The van der Waals surface area contributed by atoms with Crippen molar-refractivity contribution in [3.8, 4) is 5.69 Å². The van der Waals surface area contributed by atoms with E-state index in [9.17, 15) is 9.59 Å². The maximum atomic E-state index is 13.7. The minimum atomic E-state index is -0.718. The van der Waals surface area contributed by atoms with E-state index in [2.05, 4.69) is 4.98 Å². The van der Waals surface area contributed by atoms with Gasteiger partial charge in [-0.2, -0.15) is 0 Å². The third kappa shape index (κ3) is 4.10. The molecule has 3 aromatic rings. The lowest BCUT2D eigenvalue weighted by Crippen LogP contribution is -2.46. The molecular formula is C25H28N4O3. The number of benzene rings is 2. The van der Waals surface area contributed by atoms with Crippen LogP contribution in [0.25, 0.3) is 5.69 Å². The molecule has 32 heavy (non-hydrogen) atoms. The molecular weight excluding hydrogens is 404 g/mol. The van der Waals surface area contributed by atoms with Crippen LogP contribution in [0.2, 0.25) is 0 Å². The van der Waals surface area contributed by atoms with Crippen LogP contribution in [0.3, 0.4) is 0 Å². The van der Waals surface area contributed by atoms with Crippen LogP contribution in [0.15, 0.2) is 60.9 Å². The Balaban J connectivity index is 1.68. The highest BCUT2D eigenvalue weighted by atomic mass is 16.6. The van der Waals surface area contributed by atoms with Crippen molar-refractivity contribution in [2.45, 2.75) is 38.8 Å². The lowest BCUT2D eigenvalue weighted by molar-refractivity contribution is 0.0558. The van der Waals surface area contributed by atoms with Crippen molar-refractivity contribution in [2.24, 2.45) is 0 Å². The number of aromatic nitrogens is 2. The molecule has 2 heterocycles. The largest absolute Gasteiger partial charge is 0.443 e. The van der Waals surface area contributed by atoms with Crippen LogP contribution in [0.5, 0.6) is 0 Å². The Kier molecular flexibility index (Phi) is 5.50. The summed E-state index contributed by atoms with van der Waals surface area (Å²) in [4.78, 5) is 34.6. The average Bonchev–Trinajstić information content (AvgIpc) is 3.37. The maximum Gasteiger partial charge on any atom is 0.415 e. The van der Waals surface area contributed by atoms with Gasteiger partial charge in [0.05, 0.1) is 5.69 Å². The van der Waals surface area contributed by atoms with Crippen molar-refractivity contribution in [3.05, 3.63) is 72.3 Å². The van der Waals surface area contributed by atoms with Gasteiger partial charge in [-0.3, -0.25) is 14.3 Å². The number of rotatable bonds is 4. The Morgan fingerprint density at radius 2 is 1.75 bits per heavy atom. The van der Waals surface area contributed by atoms with E-state index in [1.165, 1.54) is 4.90 Å². The minimum Gasteiger partial charge on any atom is -0.443 e. The first-order valence-corrected chi connectivity index (χ1v) is 10.6. The van der Waals surface area contributed by atoms with E-state index < -0.39 is 17.7 Å². The van der Waals surface area contributed by atoms with E-state index in [0.29, 0.717) is 12.1 Å². The molecule has 7 nitrogen and oxygen atoms in total. The zero-order valence-electron chi connectivity index (χ0n) is 19.1. The molecule has 1 amide bonds. The number of imidazole rings is 1. The number of anilines is 2. The van der Waals surface area contributed by atoms with Gasteiger partial charge in [0.25, 0.3) is 0 Å². The lowest BCUT2D eigenvalue weighted by atomic mass is 10.1. The summed E-state index contributed by atoms with van der Waals surface area (Å²) in [6.07, 6.45) is 3.25. The third-order valence-electron chi connectivity index (χ3n) is 5.37. The molecule has 4 rings (SSSR count). The van der Waals surface area contributed by atoms with Gasteiger partial charge < -0.3 is 9.64 Å². The maximum absolute atomic E-state index is 13.7. The Morgan fingerprint density at radius 1 is 1.06 bits per heavy atom. The second kappa shape index (κ2) is 8.15. The summed E-state index contributed by atoms with van der Waals surface area (Å²) in [7, 11) is 3.95. The number of nitrogens with zero attached hydrogens (tertiary/aromatic N) is 4. The minimum absolute atomic E-state index is 0.228. The third-order valence-corrected chi connectivity index (χ3v) is 5.37. The van der Waals surface area contributed by atoms with Gasteiger partial charge in [0.2, 0.25) is 5.78 Å². The highest BCUT2D eigenvalue weighted by Gasteiger charge is 2.42. The number of amides is 1. The van der Waals surface area contributed by atoms with Gasteiger partial charge >= 0.3 is 6.09 Å². The van der Waals surface area contributed by atoms with Gasteiger partial charge in [0.1, 0.15) is 11.6 Å². The smallest absolute Gasteiger partial charge is 0.415 e. The molecule has 1 aromatic heterocycles. The molecule has 0 saturated heterocycles. The summed E-state index contributed by atoms with van der Waals surface area (Å²) in [5, 5.41) is 0. The van der Waals surface area contributed by atoms with Gasteiger partial charge in [-0.05, 0) is 56.7 Å². The number of hydrogen-bond donors (Lipinski definition) is 0. The second-order valence-corrected chi connectivity index (χ2v) is 9.09. The summed E-state index contributed by atoms with van der Waals surface area (Å²) in [5.74, 6) is 0.0581. The predicted molar refractivity (Wildman–Crippen MR) is 125 cm³/mol. The summed E-state index contributed by atoms with van der Waals surface area (Å²) >= 11 is 0. The van der Waals surface area contributed by atoms with Crippen LogP contribution in [0.1, 0.15) is 37.0 Å². The van der Waals surface area contributed by atoms with E-state index in [1.807, 2.05) is 88.3 Å². The molecule has 0 fully saturated rings. The van der Waals surface area contributed by atoms with Crippen molar-refractivity contribution in [1.29, 1.82) is 0 Å². The van der Waals surface area contributed by atoms with Crippen molar-refractivity contribution in [2.75, 3.05) is 23.9 Å². The Bertz CT molecular complexity index is 1140. The SMILES string of the molecule is CN(C)c1ccc(-n2ccnc2C(=O)C2Cc3ccccc3N2C(=O)OC(C)(C)C)cc1. The molecule has 0 spiro atoms. The number of ketones is 1. The van der Waals surface area contributed by atoms with Crippen LogP contribution < -0.4 is 9.80 Å². The molecule has 0 aliphatic carbocycles. The van der Waals surface area contributed by atoms with Gasteiger partial charge in [0, 0.05) is 44.3 Å². The molecule has 7 heteroatoms. The fourth-order valence-electron chi connectivity index (χ4n) is 3.89. The first-order valence-electron chi connectivity index (χ1n) is 10.6. The summed E-state index contributed by atoms with van der Waals surface area (Å²) in [6, 6.07) is 14.7. The monoisotopic (exact) mass is 432 g/mol. The summed E-state index contributed by atoms with van der Waals surface area (Å²) < 4.78 is 7.39. The van der Waals surface area contributed by atoms with Crippen LogP contribution in [-0.2, 0) is 11.2 Å². The highest BCUT2D eigenvalue weighted by Crippen LogP contribution is 2.35. The number of para-hydroxylation sites is 1. The molecule has 0 bridgehead atoms. The van der Waals surface area contributed by atoms with Crippen LogP contribution >= 0.6 is 0 Å². The molecule has 0 saturated carbocycles. The van der Waals surface area contributed by atoms with E-state index in [4.69, 9.17) is 4.74 Å². The molecule has 0 radical (unpaired) electrons. The lowest BCUT2D eigenvalue weighted by Gasteiger charge is -2.28. The number of fused-ring (bicyclic) bond motifs is 1. The van der Waals surface area contributed by atoms with E-state index >= 15 is 0 Å². The molecule has 166 valence electrons. The van der Waals surface area contributed by atoms with Gasteiger partial charge in [0.15, 0.2) is 5.82 Å². The number of carbonyl (C=O) groups is 2. The van der Waals surface area contributed by atoms with Crippen molar-refractivity contribution in [3.63, 3.8) is 0 Å². The normalized spacial score (nSPS) is 15.4. The van der Waals surface area contributed by atoms with E-state index in [-0.39, 0.29) is 11.6 Å². The zero-order valence-corrected chi connectivity index (χ0v) is 19.1. The molecule has 1 aliphatic heterocycles. The first kappa shape index (κ1) is 21.6. The summed E-state index contributed by atoms with van der Waals surface area (Å²) in [6.45, 7) is 5.44. The van der Waals surface area contributed by atoms with Crippen molar-refractivity contribution < 1.29 is 14.3 Å². The zero-order chi connectivity index (χ0) is 23.0. The summed E-state index contributed by atoms with van der Waals surface area (Å²) in [5.41, 5.74) is 2.85. The first-order chi connectivity index (χ1) is 15.2. The Hall–Kier alpha value is -3.61. The number of Topliss-reactive ketones (excluding diaryl/α,β-unsaturated/α-hetero) is 1. The predicted octanol–water partition coefficient (Wildman–Crippen LogP) is 4.49. The van der Waals surface area contributed by atoms with Crippen molar-refractivity contribution >= 4 is 23.3 Å². The topological polar surface area (TPSA) is 67.7 Å². The van der Waals surface area contributed by atoms with E-state index in [0.717, 1.165) is 16.9 Å². The number of hydrogen-bond acceptors (Lipinski definition) is 5. The molecule has 0 N–H and O–H groups in total. The fraction of sp³-hybridized carbons (Fsp3) is 0.320. The fourth-order valence-corrected chi connectivity index (χ4v) is 3.89. The molecule has 1 unspecified atom stereocenters. The van der Waals surface area contributed by atoms with Gasteiger partial charge in [-0.25, -0.2) is 9.78 Å². The quantitative estimate of drug-likeness (QED) is 0.569. The molecule has 1 atom stereocenters. The number of carbonyl (C=O) groups excluding carboxylic acids is 2. The van der Waals surface area contributed by atoms with Gasteiger partial charge in [-0.1, -0.05) is 18.2 Å². The molecule has 1 aliphatic rings. The highest BCUT2D eigenvalue weighted by molar-refractivity contribution is 6.07. The Morgan fingerprint density at radius 3 is 2.41 bits per heavy atom. The number of ether oxygens (including phenoxy) is 1. The standard InChI is InChI=1S/C25H28N4O3/c1-25(2,3)32-24(31)29-20-9-7-6-8-17(20)16-21(29)22(30)23-26-14-15-28(23)19-12-10-18(11-13-19)27(4)5/h6-15,21H,16H2,1-5H3. The van der Waals surface area contributed by atoms with Crippen LogP contribution in [0.4, 0.5) is 16.2 Å². The van der Waals surface area contributed by atoms with Crippen LogP contribution in [0, 0.1) is 0 Å². The average molecular weight is 433 g/mol.